The maximum absolute atomic E-state index is 12.6. The molecule has 0 aliphatic carbocycles. The lowest BCUT2D eigenvalue weighted by molar-refractivity contribution is -0.140. The number of hydrogen-bond donors (Lipinski definition) is 1. The summed E-state index contributed by atoms with van der Waals surface area (Å²) in [4.78, 5) is 24.6. The number of aromatic amines is 1. The van der Waals surface area contributed by atoms with Crippen molar-refractivity contribution in [1.82, 2.24) is 9.29 Å². The van der Waals surface area contributed by atoms with E-state index in [1.54, 1.807) is 6.92 Å². The lowest BCUT2D eigenvalue weighted by Gasteiger charge is -2.23. The number of ether oxygens (including phenoxy) is 1. The Morgan fingerprint density at radius 3 is 2.48 bits per heavy atom. The predicted molar refractivity (Wildman–Crippen MR) is 79.9 cm³/mol. The summed E-state index contributed by atoms with van der Waals surface area (Å²) in [5.74, 6) is -0.383. The van der Waals surface area contributed by atoms with Gasteiger partial charge in [-0.05, 0) is 12.8 Å². The topological polar surface area (TPSA) is 96.5 Å². The van der Waals surface area contributed by atoms with Crippen molar-refractivity contribution in [2.24, 2.45) is 5.92 Å². The van der Waals surface area contributed by atoms with Crippen LogP contribution < -0.4 is 4.87 Å². The second-order valence-corrected chi connectivity index (χ2v) is 8.13. The fourth-order valence-electron chi connectivity index (χ4n) is 1.79. The minimum Gasteiger partial charge on any atom is -0.469 e. The standard InChI is InChI=1S/C12H20N2O5S2/c1-8(2)7-14(6-5-10(15)19-4)21(17,18)11-9(3)13-12(16)20-11/h8H,5-7H2,1-4H3,(H,13,16). The Morgan fingerprint density at radius 1 is 1.43 bits per heavy atom. The lowest BCUT2D eigenvalue weighted by atomic mass is 10.2. The molecule has 9 heteroatoms. The van der Waals surface area contributed by atoms with Crippen LogP contribution in [0.1, 0.15) is 26.0 Å². The van der Waals surface area contributed by atoms with Crippen LogP contribution in [0.4, 0.5) is 0 Å². The quantitative estimate of drug-likeness (QED) is 0.748. The van der Waals surface area contributed by atoms with Crippen molar-refractivity contribution in [3.05, 3.63) is 15.4 Å². The van der Waals surface area contributed by atoms with Crippen molar-refractivity contribution in [1.29, 1.82) is 0 Å². The molecule has 0 aromatic carbocycles. The third kappa shape index (κ3) is 4.65. The number of thiazole rings is 1. The van der Waals surface area contributed by atoms with Gasteiger partial charge in [0.05, 0.1) is 13.5 Å². The first-order chi connectivity index (χ1) is 9.68. The van der Waals surface area contributed by atoms with E-state index in [-0.39, 0.29) is 29.6 Å². The van der Waals surface area contributed by atoms with Gasteiger partial charge in [-0.25, -0.2) is 8.42 Å². The molecule has 0 saturated heterocycles. The highest BCUT2D eigenvalue weighted by Crippen LogP contribution is 2.22. The van der Waals surface area contributed by atoms with Gasteiger partial charge >= 0.3 is 10.8 Å². The van der Waals surface area contributed by atoms with Gasteiger partial charge in [-0.3, -0.25) is 9.59 Å². The van der Waals surface area contributed by atoms with Gasteiger partial charge in [0, 0.05) is 18.8 Å². The van der Waals surface area contributed by atoms with Gasteiger partial charge in [-0.15, -0.1) is 0 Å². The van der Waals surface area contributed by atoms with Gasteiger partial charge in [0.15, 0.2) is 4.21 Å². The Hall–Kier alpha value is -1.19. The van der Waals surface area contributed by atoms with Crippen LogP contribution in [0.3, 0.4) is 0 Å². The van der Waals surface area contributed by atoms with Gasteiger partial charge in [-0.2, -0.15) is 4.31 Å². The number of carbonyl (C=O) groups is 1. The molecule has 1 aromatic rings. The maximum Gasteiger partial charge on any atom is 0.306 e. The number of nitrogens with one attached hydrogen (secondary N) is 1. The van der Waals surface area contributed by atoms with E-state index in [0.717, 1.165) is 0 Å². The number of hydrogen-bond acceptors (Lipinski definition) is 6. The monoisotopic (exact) mass is 336 g/mol. The molecular formula is C12H20N2O5S2. The molecule has 21 heavy (non-hydrogen) atoms. The van der Waals surface area contributed by atoms with Crippen molar-refractivity contribution in [3.63, 3.8) is 0 Å². The molecule has 0 unspecified atom stereocenters. The van der Waals surface area contributed by atoms with Crippen molar-refractivity contribution >= 4 is 27.3 Å². The molecule has 0 radical (unpaired) electrons. The van der Waals surface area contributed by atoms with Crippen LogP contribution in [0.2, 0.25) is 0 Å². The number of aryl methyl sites for hydroxylation is 1. The number of aromatic nitrogens is 1. The molecule has 1 heterocycles. The van der Waals surface area contributed by atoms with Crippen molar-refractivity contribution in [2.45, 2.75) is 31.4 Å². The summed E-state index contributed by atoms with van der Waals surface area (Å²) < 4.78 is 31.0. The van der Waals surface area contributed by atoms with E-state index in [9.17, 15) is 18.0 Å². The highest BCUT2D eigenvalue weighted by atomic mass is 32.2. The van der Waals surface area contributed by atoms with E-state index < -0.39 is 20.9 Å². The minimum atomic E-state index is -3.80. The lowest BCUT2D eigenvalue weighted by Crippen LogP contribution is -2.36. The van der Waals surface area contributed by atoms with E-state index in [4.69, 9.17) is 0 Å². The first kappa shape index (κ1) is 17.9. The van der Waals surface area contributed by atoms with Crippen LogP contribution in [-0.2, 0) is 19.6 Å². The van der Waals surface area contributed by atoms with Crippen LogP contribution in [0.25, 0.3) is 0 Å². The van der Waals surface area contributed by atoms with Gasteiger partial charge in [-0.1, -0.05) is 25.2 Å². The third-order valence-corrected chi connectivity index (χ3v) is 6.16. The number of sulfonamides is 1. The summed E-state index contributed by atoms with van der Waals surface area (Å²) in [7, 11) is -2.54. The second kappa shape index (κ2) is 7.19. The molecule has 1 N–H and O–H groups in total. The zero-order valence-electron chi connectivity index (χ0n) is 12.5. The average Bonchev–Trinajstić information content (AvgIpc) is 2.73. The van der Waals surface area contributed by atoms with Crippen LogP contribution in [-0.4, -0.2) is 43.9 Å². The summed E-state index contributed by atoms with van der Waals surface area (Å²) in [5, 5.41) is 0. The summed E-state index contributed by atoms with van der Waals surface area (Å²) in [6.45, 7) is 5.60. The molecule has 0 amide bonds. The van der Waals surface area contributed by atoms with Gasteiger partial charge in [0.1, 0.15) is 0 Å². The molecule has 0 spiro atoms. The van der Waals surface area contributed by atoms with Crippen molar-refractivity contribution < 1.29 is 17.9 Å². The molecule has 120 valence electrons. The average molecular weight is 336 g/mol. The molecule has 0 aliphatic rings. The number of rotatable bonds is 7. The Morgan fingerprint density at radius 2 is 2.05 bits per heavy atom. The zero-order chi connectivity index (χ0) is 16.2. The normalized spacial score (nSPS) is 12.1. The molecule has 0 bridgehead atoms. The van der Waals surface area contributed by atoms with E-state index in [2.05, 4.69) is 9.72 Å². The van der Waals surface area contributed by atoms with Crippen LogP contribution in [0.5, 0.6) is 0 Å². The summed E-state index contributed by atoms with van der Waals surface area (Å²) in [5.41, 5.74) is 0.317. The van der Waals surface area contributed by atoms with E-state index in [0.29, 0.717) is 17.0 Å². The van der Waals surface area contributed by atoms with Gasteiger partial charge in [0.2, 0.25) is 0 Å². The molecule has 1 rings (SSSR count). The largest absolute Gasteiger partial charge is 0.469 e. The first-order valence-corrected chi connectivity index (χ1v) is 8.70. The Kier molecular flexibility index (Phi) is 6.11. The summed E-state index contributed by atoms with van der Waals surface area (Å²) >= 11 is 0.660. The molecule has 7 nitrogen and oxygen atoms in total. The number of H-pyrrole nitrogens is 1. The van der Waals surface area contributed by atoms with Crippen LogP contribution >= 0.6 is 11.3 Å². The molecule has 1 aromatic heterocycles. The van der Waals surface area contributed by atoms with Gasteiger partial charge in [0.25, 0.3) is 10.0 Å². The fraction of sp³-hybridized carbons (Fsp3) is 0.667. The Bertz CT molecular complexity index is 645. The Balaban J connectivity index is 3.08. The minimum absolute atomic E-state index is 0.00184. The number of carbonyl (C=O) groups excluding carboxylic acids is 1. The highest BCUT2D eigenvalue weighted by Gasteiger charge is 2.29. The SMILES string of the molecule is COC(=O)CCN(CC(C)C)S(=O)(=O)c1sc(=O)[nH]c1C. The summed E-state index contributed by atoms with van der Waals surface area (Å²) in [6.07, 6.45) is -0.0270. The summed E-state index contributed by atoms with van der Waals surface area (Å²) in [6, 6.07) is 0. The van der Waals surface area contributed by atoms with E-state index in [1.807, 2.05) is 13.8 Å². The highest BCUT2D eigenvalue weighted by molar-refractivity contribution is 7.91. The van der Waals surface area contributed by atoms with Crippen LogP contribution in [0, 0.1) is 12.8 Å². The molecule has 0 aliphatic heterocycles. The van der Waals surface area contributed by atoms with Gasteiger partial charge < -0.3 is 9.72 Å². The Labute approximate surface area is 128 Å². The van der Waals surface area contributed by atoms with E-state index >= 15 is 0 Å². The smallest absolute Gasteiger partial charge is 0.306 e. The fourth-order valence-corrected chi connectivity index (χ4v) is 4.83. The third-order valence-electron chi connectivity index (χ3n) is 2.72. The number of nitrogens with zero attached hydrogens (tertiary/aromatic N) is 1. The second-order valence-electron chi connectivity index (χ2n) is 5.01. The molecule has 0 atom stereocenters. The maximum atomic E-state index is 12.6. The predicted octanol–water partition coefficient (Wildman–Crippen LogP) is 0.955. The molecule has 0 saturated carbocycles. The molecular weight excluding hydrogens is 316 g/mol. The first-order valence-electron chi connectivity index (χ1n) is 6.45. The number of methoxy groups -OCH3 is 1. The number of esters is 1. The molecule has 0 fully saturated rings. The zero-order valence-corrected chi connectivity index (χ0v) is 14.1. The van der Waals surface area contributed by atoms with E-state index in [1.165, 1.54) is 11.4 Å². The van der Waals surface area contributed by atoms with Crippen LogP contribution in [0.15, 0.2) is 9.00 Å². The van der Waals surface area contributed by atoms with Crippen molar-refractivity contribution in [2.75, 3.05) is 20.2 Å². The van der Waals surface area contributed by atoms with Crippen molar-refractivity contribution in [3.8, 4) is 0 Å².